The highest BCUT2D eigenvalue weighted by Crippen LogP contribution is 2.22. The zero-order valence-electron chi connectivity index (χ0n) is 7.71. The maximum atomic E-state index is 5.66. The van der Waals surface area contributed by atoms with Crippen molar-refractivity contribution in [1.82, 2.24) is 4.81 Å². The fourth-order valence-electron chi connectivity index (χ4n) is 1.86. The molecule has 0 N–H and O–H groups in total. The summed E-state index contributed by atoms with van der Waals surface area (Å²) >= 11 is 0. The molecule has 1 fully saturated rings. The molecule has 1 heterocycles. The lowest BCUT2D eigenvalue weighted by atomic mass is 9.88. The summed E-state index contributed by atoms with van der Waals surface area (Å²) in [4.78, 5) is 1.94. The zero-order valence-corrected chi connectivity index (χ0v) is 7.71. The van der Waals surface area contributed by atoms with Gasteiger partial charge >= 0.3 is 0 Å². The van der Waals surface area contributed by atoms with Crippen LogP contribution in [0.1, 0.15) is 33.1 Å². The first-order valence-electron chi connectivity index (χ1n) is 4.68. The highest BCUT2D eigenvalue weighted by molar-refractivity contribution is 6.04. The molecule has 0 aromatic heterocycles. The maximum absolute atomic E-state index is 5.66. The summed E-state index contributed by atoms with van der Waals surface area (Å²) in [6.07, 6.45) is 3.98. The SMILES string of the molecule is [B]N1CCC(CC(C)C)CC1. The van der Waals surface area contributed by atoms with Gasteiger partial charge in [0.05, 0.1) is 0 Å². The zero-order chi connectivity index (χ0) is 8.27. The van der Waals surface area contributed by atoms with E-state index in [-0.39, 0.29) is 0 Å². The standard InChI is InChI=1S/C9H18BN/c1-8(2)7-9-3-5-11(10)6-4-9/h8-9H,3-7H2,1-2H3. The lowest BCUT2D eigenvalue weighted by Gasteiger charge is -2.30. The first-order chi connectivity index (χ1) is 5.18. The number of nitrogens with zero attached hydrogens (tertiary/aromatic N) is 1. The van der Waals surface area contributed by atoms with Crippen LogP contribution in [0, 0.1) is 11.8 Å². The van der Waals surface area contributed by atoms with Crippen molar-refractivity contribution in [2.45, 2.75) is 33.1 Å². The monoisotopic (exact) mass is 151 g/mol. The van der Waals surface area contributed by atoms with Gasteiger partial charge in [-0.25, -0.2) is 0 Å². The molecule has 1 aliphatic rings. The van der Waals surface area contributed by atoms with E-state index in [2.05, 4.69) is 13.8 Å². The molecule has 0 aromatic rings. The molecule has 2 heteroatoms. The van der Waals surface area contributed by atoms with Gasteiger partial charge in [-0.2, -0.15) is 0 Å². The molecular weight excluding hydrogens is 133 g/mol. The molecule has 62 valence electrons. The lowest BCUT2D eigenvalue weighted by molar-refractivity contribution is 0.252. The van der Waals surface area contributed by atoms with Crippen LogP contribution in [-0.2, 0) is 0 Å². The quantitative estimate of drug-likeness (QED) is 0.544. The van der Waals surface area contributed by atoms with Gasteiger partial charge in [-0.1, -0.05) is 13.8 Å². The Morgan fingerprint density at radius 2 is 1.91 bits per heavy atom. The van der Waals surface area contributed by atoms with E-state index >= 15 is 0 Å². The topological polar surface area (TPSA) is 3.24 Å². The van der Waals surface area contributed by atoms with Crippen LogP contribution in [-0.4, -0.2) is 25.9 Å². The van der Waals surface area contributed by atoms with E-state index in [0.29, 0.717) is 0 Å². The third kappa shape index (κ3) is 3.28. The van der Waals surface area contributed by atoms with E-state index in [1.54, 1.807) is 0 Å². The van der Waals surface area contributed by atoms with Gasteiger partial charge < -0.3 is 4.81 Å². The summed E-state index contributed by atoms with van der Waals surface area (Å²) in [6.45, 7) is 6.79. The van der Waals surface area contributed by atoms with Crippen molar-refractivity contribution in [1.29, 1.82) is 0 Å². The Labute approximate surface area is 71.6 Å². The van der Waals surface area contributed by atoms with Gasteiger partial charge in [-0.05, 0) is 44.2 Å². The summed E-state index contributed by atoms with van der Waals surface area (Å²) < 4.78 is 0. The summed E-state index contributed by atoms with van der Waals surface area (Å²) in [6, 6.07) is 0. The Kier molecular flexibility index (Phi) is 3.44. The first-order valence-corrected chi connectivity index (χ1v) is 4.68. The summed E-state index contributed by atoms with van der Waals surface area (Å²) in [5, 5.41) is 0. The van der Waals surface area contributed by atoms with Crippen LogP contribution in [0.2, 0.25) is 0 Å². The molecule has 1 saturated heterocycles. The third-order valence-corrected chi connectivity index (χ3v) is 2.45. The van der Waals surface area contributed by atoms with Gasteiger partial charge in [0, 0.05) is 0 Å². The van der Waals surface area contributed by atoms with Crippen molar-refractivity contribution < 1.29 is 0 Å². The van der Waals surface area contributed by atoms with Gasteiger partial charge in [0.25, 0.3) is 0 Å². The Balaban J connectivity index is 2.17. The summed E-state index contributed by atoms with van der Waals surface area (Å²) in [5.74, 6) is 1.79. The molecule has 2 radical (unpaired) electrons. The molecule has 0 aliphatic carbocycles. The molecule has 1 rings (SSSR count). The molecule has 0 spiro atoms. The molecule has 0 unspecified atom stereocenters. The van der Waals surface area contributed by atoms with Crippen LogP contribution in [0.25, 0.3) is 0 Å². The van der Waals surface area contributed by atoms with Crippen molar-refractivity contribution in [3.05, 3.63) is 0 Å². The molecular formula is C9H18BN. The third-order valence-electron chi connectivity index (χ3n) is 2.45. The molecule has 1 aliphatic heterocycles. The minimum atomic E-state index is 0.851. The summed E-state index contributed by atoms with van der Waals surface area (Å²) in [7, 11) is 5.66. The van der Waals surface area contributed by atoms with Crippen LogP contribution in [0.15, 0.2) is 0 Å². The highest BCUT2D eigenvalue weighted by atomic mass is 15.0. The van der Waals surface area contributed by atoms with Crippen molar-refractivity contribution in [2.75, 3.05) is 13.1 Å². The normalized spacial score (nSPS) is 22.8. The van der Waals surface area contributed by atoms with E-state index in [9.17, 15) is 0 Å². The number of piperidine rings is 1. The first kappa shape index (κ1) is 9.12. The smallest absolute Gasteiger partial charge is 0.182 e. The second-order valence-electron chi connectivity index (χ2n) is 4.11. The molecule has 0 saturated carbocycles. The van der Waals surface area contributed by atoms with Gasteiger partial charge in [0.1, 0.15) is 0 Å². The van der Waals surface area contributed by atoms with Gasteiger partial charge in [0.2, 0.25) is 0 Å². The van der Waals surface area contributed by atoms with Crippen LogP contribution >= 0.6 is 0 Å². The highest BCUT2D eigenvalue weighted by Gasteiger charge is 2.16. The summed E-state index contributed by atoms with van der Waals surface area (Å²) in [5.41, 5.74) is 0. The van der Waals surface area contributed by atoms with Crippen molar-refractivity contribution in [2.24, 2.45) is 11.8 Å². The number of rotatable bonds is 2. The van der Waals surface area contributed by atoms with E-state index in [4.69, 9.17) is 7.98 Å². The van der Waals surface area contributed by atoms with Crippen LogP contribution < -0.4 is 0 Å². The number of hydrogen-bond acceptors (Lipinski definition) is 1. The Morgan fingerprint density at radius 1 is 1.36 bits per heavy atom. The van der Waals surface area contributed by atoms with Crippen molar-refractivity contribution in [3.8, 4) is 0 Å². The van der Waals surface area contributed by atoms with Crippen LogP contribution in [0.4, 0.5) is 0 Å². The van der Waals surface area contributed by atoms with Gasteiger partial charge in [-0.15, -0.1) is 0 Å². The Bertz CT molecular complexity index is 106. The molecule has 0 atom stereocenters. The second kappa shape index (κ2) is 4.15. The molecule has 0 bridgehead atoms. The minimum absolute atomic E-state index is 0.851. The fourth-order valence-corrected chi connectivity index (χ4v) is 1.86. The Morgan fingerprint density at radius 3 is 2.36 bits per heavy atom. The number of hydrogen-bond donors (Lipinski definition) is 0. The maximum Gasteiger partial charge on any atom is 0.182 e. The average molecular weight is 151 g/mol. The predicted octanol–water partition coefficient (Wildman–Crippen LogP) is 1.83. The van der Waals surface area contributed by atoms with Gasteiger partial charge in [-0.3, -0.25) is 0 Å². The van der Waals surface area contributed by atoms with Crippen molar-refractivity contribution in [3.63, 3.8) is 0 Å². The van der Waals surface area contributed by atoms with Gasteiger partial charge in [0.15, 0.2) is 7.98 Å². The largest absolute Gasteiger partial charge is 0.353 e. The van der Waals surface area contributed by atoms with E-state index in [0.717, 1.165) is 24.9 Å². The fraction of sp³-hybridized carbons (Fsp3) is 1.00. The Hall–Kier alpha value is 0.0249. The van der Waals surface area contributed by atoms with E-state index < -0.39 is 0 Å². The van der Waals surface area contributed by atoms with Crippen LogP contribution in [0.5, 0.6) is 0 Å². The molecule has 0 amide bonds. The molecule has 0 aromatic carbocycles. The van der Waals surface area contributed by atoms with Crippen LogP contribution in [0.3, 0.4) is 0 Å². The predicted molar refractivity (Wildman–Crippen MR) is 49.5 cm³/mol. The molecule has 11 heavy (non-hydrogen) atoms. The molecule has 1 nitrogen and oxygen atoms in total. The van der Waals surface area contributed by atoms with Crippen molar-refractivity contribution >= 4 is 7.98 Å². The van der Waals surface area contributed by atoms with E-state index in [1.165, 1.54) is 19.3 Å². The second-order valence-corrected chi connectivity index (χ2v) is 4.11. The average Bonchev–Trinajstić information content (AvgIpc) is 1.93. The lowest BCUT2D eigenvalue weighted by Crippen LogP contribution is -2.31. The van der Waals surface area contributed by atoms with E-state index in [1.807, 2.05) is 4.81 Å². The minimum Gasteiger partial charge on any atom is -0.353 e.